The van der Waals surface area contributed by atoms with E-state index in [1.165, 1.54) is 6.07 Å². The summed E-state index contributed by atoms with van der Waals surface area (Å²) in [6.45, 7) is 0. The van der Waals surface area contributed by atoms with Crippen LogP contribution in [0.15, 0.2) is 51.5 Å². The molecular formula is C14H10BrN3O2. The fourth-order valence-electron chi connectivity index (χ4n) is 1.77. The van der Waals surface area contributed by atoms with Crippen molar-refractivity contribution in [3.8, 4) is 28.6 Å². The smallest absolute Gasteiger partial charge is 0.258 e. The summed E-state index contributed by atoms with van der Waals surface area (Å²) < 4.78 is 6.17. The van der Waals surface area contributed by atoms with Gasteiger partial charge in [0.15, 0.2) is 0 Å². The highest BCUT2D eigenvalue weighted by atomic mass is 79.9. The van der Waals surface area contributed by atoms with Crippen LogP contribution >= 0.6 is 15.9 Å². The number of anilines is 1. The van der Waals surface area contributed by atoms with Gasteiger partial charge in [-0.15, -0.1) is 0 Å². The van der Waals surface area contributed by atoms with Crippen LogP contribution in [0.3, 0.4) is 0 Å². The summed E-state index contributed by atoms with van der Waals surface area (Å²) in [5, 5.41) is 13.4. The Bertz CT molecular complexity index is 771. The van der Waals surface area contributed by atoms with Crippen LogP contribution in [-0.2, 0) is 0 Å². The molecule has 20 heavy (non-hydrogen) atoms. The Morgan fingerprint density at radius 3 is 2.70 bits per heavy atom. The normalized spacial score (nSPS) is 10.7. The zero-order chi connectivity index (χ0) is 14.1. The lowest BCUT2D eigenvalue weighted by molar-refractivity contribution is 0.432. The van der Waals surface area contributed by atoms with E-state index in [9.17, 15) is 5.11 Å². The highest BCUT2D eigenvalue weighted by Crippen LogP contribution is 2.28. The van der Waals surface area contributed by atoms with Crippen molar-refractivity contribution in [1.82, 2.24) is 10.1 Å². The predicted molar refractivity (Wildman–Crippen MR) is 78.9 cm³/mol. The van der Waals surface area contributed by atoms with Crippen LogP contribution in [0.25, 0.3) is 22.8 Å². The lowest BCUT2D eigenvalue weighted by atomic mass is 10.2. The highest BCUT2D eigenvalue weighted by Gasteiger charge is 2.11. The molecule has 5 nitrogen and oxygen atoms in total. The zero-order valence-corrected chi connectivity index (χ0v) is 11.8. The molecule has 0 aliphatic heterocycles. The van der Waals surface area contributed by atoms with Crippen molar-refractivity contribution in [2.75, 3.05) is 5.73 Å². The van der Waals surface area contributed by atoms with E-state index in [0.717, 1.165) is 10.0 Å². The number of hydrogen-bond acceptors (Lipinski definition) is 5. The zero-order valence-electron chi connectivity index (χ0n) is 10.2. The monoisotopic (exact) mass is 331 g/mol. The second kappa shape index (κ2) is 4.97. The molecule has 100 valence electrons. The number of hydrogen-bond donors (Lipinski definition) is 2. The third kappa shape index (κ3) is 2.37. The van der Waals surface area contributed by atoms with Crippen LogP contribution in [0.2, 0.25) is 0 Å². The van der Waals surface area contributed by atoms with Gasteiger partial charge in [0.2, 0.25) is 5.82 Å². The maximum Gasteiger partial charge on any atom is 0.258 e. The molecule has 6 heteroatoms. The van der Waals surface area contributed by atoms with E-state index < -0.39 is 0 Å². The molecule has 0 radical (unpaired) electrons. The molecule has 0 unspecified atom stereocenters. The third-order valence-electron chi connectivity index (χ3n) is 2.78. The van der Waals surface area contributed by atoms with Crippen LogP contribution in [0.1, 0.15) is 0 Å². The SMILES string of the molecule is Nc1cc(-c2nc(-c3cccc(Br)c3)no2)ccc1O. The number of aromatic hydroxyl groups is 1. The summed E-state index contributed by atoms with van der Waals surface area (Å²) in [6, 6.07) is 12.4. The minimum absolute atomic E-state index is 0.0282. The Labute approximate surface area is 123 Å². The van der Waals surface area contributed by atoms with E-state index in [2.05, 4.69) is 26.1 Å². The van der Waals surface area contributed by atoms with E-state index in [0.29, 0.717) is 17.3 Å². The quantitative estimate of drug-likeness (QED) is 0.554. The Morgan fingerprint density at radius 1 is 1.10 bits per heavy atom. The molecule has 1 aromatic heterocycles. The van der Waals surface area contributed by atoms with Gasteiger partial charge in [-0.3, -0.25) is 0 Å². The predicted octanol–water partition coefficient (Wildman–Crippen LogP) is 3.45. The maximum atomic E-state index is 9.41. The van der Waals surface area contributed by atoms with Crippen molar-refractivity contribution in [3.63, 3.8) is 0 Å². The second-order valence-corrected chi connectivity index (χ2v) is 5.12. The Kier molecular flexibility index (Phi) is 3.15. The lowest BCUT2D eigenvalue weighted by Gasteiger charge is -1.99. The van der Waals surface area contributed by atoms with E-state index >= 15 is 0 Å². The van der Waals surface area contributed by atoms with Gasteiger partial charge >= 0.3 is 0 Å². The Morgan fingerprint density at radius 2 is 1.95 bits per heavy atom. The van der Waals surface area contributed by atoms with Crippen molar-refractivity contribution in [3.05, 3.63) is 46.9 Å². The number of aromatic nitrogens is 2. The third-order valence-corrected chi connectivity index (χ3v) is 3.28. The maximum absolute atomic E-state index is 9.41. The number of rotatable bonds is 2. The molecule has 0 amide bonds. The molecule has 2 aromatic carbocycles. The first kappa shape index (κ1) is 12.7. The molecule has 0 fully saturated rings. The fourth-order valence-corrected chi connectivity index (χ4v) is 2.17. The van der Waals surface area contributed by atoms with Gasteiger partial charge in [-0.05, 0) is 30.3 Å². The van der Waals surface area contributed by atoms with E-state index in [4.69, 9.17) is 10.3 Å². The summed E-state index contributed by atoms with van der Waals surface area (Å²) in [6.07, 6.45) is 0. The summed E-state index contributed by atoms with van der Waals surface area (Å²) in [5.74, 6) is 0.875. The molecule has 0 atom stereocenters. The van der Waals surface area contributed by atoms with Crippen molar-refractivity contribution in [1.29, 1.82) is 0 Å². The molecule has 0 spiro atoms. The van der Waals surface area contributed by atoms with Gasteiger partial charge in [0.05, 0.1) is 5.69 Å². The summed E-state index contributed by atoms with van der Waals surface area (Å²) in [7, 11) is 0. The minimum atomic E-state index is 0.0282. The van der Waals surface area contributed by atoms with Gasteiger partial charge in [0.25, 0.3) is 5.89 Å². The van der Waals surface area contributed by atoms with E-state index in [1.54, 1.807) is 12.1 Å². The lowest BCUT2D eigenvalue weighted by Crippen LogP contribution is -1.87. The van der Waals surface area contributed by atoms with Crippen molar-refractivity contribution in [2.45, 2.75) is 0 Å². The fraction of sp³-hybridized carbons (Fsp3) is 0. The first-order valence-corrected chi connectivity index (χ1v) is 6.61. The molecular weight excluding hydrogens is 322 g/mol. The number of halogens is 1. The van der Waals surface area contributed by atoms with Gasteiger partial charge in [0.1, 0.15) is 5.75 Å². The molecule has 3 rings (SSSR count). The molecule has 0 aliphatic rings. The summed E-state index contributed by atoms with van der Waals surface area (Å²) in [4.78, 5) is 4.33. The first-order chi connectivity index (χ1) is 9.63. The first-order valence-electron chi connectivity index (χ1n) is 5.82. The van der Waals surface area contributed by atoms with Crippen molar-refractivity contribution < 1.29 is 9.63 Å². The van der Waals surface area contributed by atoms with Gasteiger partial charge < -0.3 is 15.4 Å². The largest absolute Gasteiger partial charge is 0.506 e. The summed E-state index contributed by atoms with van der Waals surface area (Å²) in [5.41, 5.74) is 7.43. The Balaban J connectivity index is 1.99. The second-order valence-electron chi connectivity index (χ2n) is 4.21. The van der Waals surface area contributed by atoms with Crippen LogP contribution in [0.5, 0.6) is 5.75 Å². The number of benzene rings is 2. The number of nitrogens with two attached hydrogens (primary N) is 1. The van der Waals surface area contributed by atoms with Crippen LogP contribution in [-0.4, -0.2) is 15.2 Å². The average molecular weight is 332 g/mol. The molecule has 0 saturated heterocycles. The molecule has 0 saturated carbocycles. The van der Waals surface area contributed by atoms with Gasteiger partial charge in [-0.2, -0.15) is 4.98 Å². The number of phenols is 1. The minimum Gasteiger partial charge on any atom is -0.506 e. The standard InChI is InChI=1S/C14H10BrN3O2/c15-10-3-1-2-8(6-10)13-17-14(20-18-13)9-4-5-12(19)11(16)7-9/h1-7,19H,16H2. The molecule has 0 bridgehead atoms. The Hall–Kier alpha value is -2.34. The van der Waals surface area contributed by atoms with Gasteiger partial charge in [-0.25, -0.2) is 0 Å². The van der Waals surface area contributed by atoms with Gasteiger partial charge in [0, 0.05) is 15.6 Å². The number of phenolic OH excluding ortho intramolecular Hbond substituents is 1. The van der Waals surface area contributed by atoms with Gasteiger partial charge in [-0.1, -0.05) is 33.2 Å². The summed E-state index contributed by atoms with van der Waals surface area (Å²) >= 11 is 3.40. The average Bonchev–Trinajstić information content (AvgIpc) is 2.92. The van der Waals surface area contributed by atoms with E-state index in [1.807, 2.05) is 24.3 Å². The van der Waals surface area contributed by atoms with E-state index in [-0.39, 0.29) is 11.4 Å². The van der Waals surface area contributed by atoms with Crippen molar-refractivity contribution in [2.24, 2.45) is 0 Å². The molecule has 1 heterocycles. The van der Waals surface area contributed by atoms with Crippen LogP contribution in [0, 0.1) is 0 Å². The van der Waals surface area contributed by atoms with Crippen LogP contribution in [0.4, 0.5) is 5.69 Å². The van der Waals surface area contributed by atoms with Crippen LogP contribution < -0.4 is 5.73 Å². The highest BCUT2D eigenvalue weighted by molar-refractivity contribution is 9.10. The number of nitrogens with zero attached hydrogens (tertiary/aromatic N) is 2. The molecule has 3 N–H and O–H groups in total. The molecule has 0 aliphatic carbocycles. The molecule has 3 aromatic rings. The van der Waals surface area contributed by atoms with Crippen molar-refractivity contribution >= 4 is 21.6 Å². The number of nitrogen functional groups attached to an aromatic ring is 1. The topological polar surface area (TPSA) is 85.2 Å².